The lowest BCUT2D eigenvalue weighted by Gasteiger charge is -2.20. The Labute approximate surface area is 119 Å². The highest BCUT2D eigenvalue weighted by atomic mass is 16.3. The molecule has 0 unspecified atom stereocenters. The van der Waals surface area contributed by atoms with E-state index < -0.39 is 0 Å². The van der Waals surface area contributed by atoms with E-state index in [4.69, 9.17) is 4.42 Å². The molecule has 1 saturated carbocycles. The third kappa shape index (κ3) is 3.20. The summed E-state index contributed by atoms with van der Waals surface area (Å²) in [6.07, 6.45) is 8.09. The van der Waals surface area contributed by atoms with E-state index in [-0.39, 0.29) is 0 Å². The van der Waals surface area contributed by atoms with Crippen LogP contribution in [0.25, 0.3) is 0 Å². The molecule has 1 aliphatic carbocycles. The van der Waals surface area contributed by atoms with Crippen molar-refractivity contribution in [2.45, 2.75) is 38.9 Å². The van der Waals surface area contributed by atoms with Crippen molar-refractivity contribution in [3.05, 3.63) is 47.5 Å². The summed E-state index contributed by atoms with van der Waals surface area (Å²) in [5.41, 5.74) is 3.63. The lowest BCUT2D eigenvalue weighted by atomic mass is 10.2. The van der Waals surface area contributed by atoms with E-state index >= 15 is 0 Å². The second-order valence-electron chi connectivity index (χ2n) is 5.63. The zero-order chi connectivity index (χ0) is 13.9. The van der Waals surface area contributed by atoms with E-state index in [1.54, 1.807) is 12.5 Å². The van der Waals surface area contributed by atoms with Gasteiger partial charge < -0.3 is 14.6 Å². The summed E-state index contributed by atoms with van der Waals surface area (Å²) in [6.45, 7) is 3.85. The summed E-state index contributed by atoms with van der Waals surface area (Å²) in [4.78, 5) is 6.76. The minimum atomic E-state index is 0.735. The number of aryl methyl sites for hydroxylation is 1. The fraction of sp³-hybridized carbons (Fsp3) is 0.438. The Morgan fingerprint density at radius 1 is 1.40 bits per heavy atom. The molecule has 0 aromatic carbocycles. The first-order valence-electron chi connectivity index (χ1n) is 7.13. The van der Waals surface area contributed by atoms with Gasteiger partial charge >= 0.3 is 0 Å². The highest BCUT2D eigenvalue weighted by molar-refractivity contribution is 5.47. The molecule has 0 amide bonds. The molecule has 20 heavy (non-hydrogen) atoms. The molecule has 1 N–H and O–H groups in total. The predicted octanol–water partition coefficient (Wildman–Crippen LogP) is 2.87. The van der Waals surface area contributed by atoms with Crippen LogP contribution in [0, 0.1) is 6.92 Å². The molecule has 0 radical (unpaired) electrons. The Hall–Kier alpha value is -1.81. The van der Waals surface area contributed by atoms with Gasteiger partial charge in [0, 0.05) is 37.9 Å². The van der Waals surface area contributed by atoms with Gasteiger partial charge in [0.05, 0.1) is 12.5 Å². The van der Waals surface area contributed by atoms with E-state index in [0.29, 0.717) is 0 Å². The van der Waals surface area contributed by atoms with Crippen LogP contribution in [0.15, 0.2) is 35.3 Å². The monoisotopic (exact) mass is 271 g/mol. The van der Waals surface area contributed by atoms with Gasteiger partial charge in [0.2, 0.25) is 0 Å². The summed E-state index contributed by atoms with van der Waals surface area (Å²) < 4.78 is 5.11. The number of furan rings is 1. The van der Waals surface area contributed by atoms with Crippen molar-refractivity contribution in [1.82, 2.24) is 10.3 Å². The first-order valence-corrected chi connectivity index (χ1v) is 7.13. The largest absolute Gasteiger partial charge is 0.472 e. The van der Waals surface area contributed by atoms with Crippen molar-refractivity contribution in [2.75, 3.05) is 11.9 Å². The number of nitrogens with zero attached hydrogens (tertiary/aromatic N) is 2. The highest BCUT2D eigenvalue weighted by Gasteiger charge is 2.20. The molecule has 3 rings (SSSR count). The Morgan fingerprint density at radius 3 is 2.90 bits per heavy atom. The topological polar surface area (TPSA) is 41.3 Å². The number of anilines is 1. The first kappa shape index (κ1) is 13.2. The molecule has 106 valence electrons. The minimum Gasteiger partial charge on any atom is -0.472 e. The number of pyridine rings is 1. The molecular weight excluding hydrogens is 250 g/mol. The lowest BCUT2D eigenvalue weighted by Crippen LogP contribution is -2.19. The fourth-order valence-electron chi connectivity index (χ4n) is 2.40. The van der Waals surface area contributed by atoms with Gasteiger partial charge in [-0.3, -0.25) is 0 Å². The van der Waals surface area contributed by atoms with Gasteiger partial charge in [-0.2, -0.15) is 0 Å². The Balaban J connectivity index is 1.66. The average molecular weight is 271 g/mol. The molecule has 0 saturated heterocycles. The lowest BCUT2D eigenvalue weighted by molar-refractivity contribution is 0.563. The number of aromatic nitrogens is 1. The summed E-state index contributed by atoms with van der Waals surface area (Å²) >= 11 is 0. The third-order valence-electron chi connectivity index (χ3n) is 3.64. The van der Waals surface area contributed by atoms with E-state index in [1.807, 2.05) is 12.3 Å². The van der Waals surface area contributed by atoms with Crippen LogP contribution in [0.4, 0.5) is 5.82 Å². The fourth-order valence-corrected chi connectivity index (χ4v) is 2.40. The molecule has 0 spiro atoms. The number of nitrogens with one attached hydrogen (secondary N) is 1. The normalized spacial score (nSPS) is 14.5. The Kier molecular flexibility index (Phi) is 3.74. The summed E-state index contributed by atoms with van der Waals surface area (Å²) in [5.74, 6) is 1.03. The molecule has 0 aliphatic heterocycles. The molecule has 1 aliphatic rings. The maximum atomic E-state index is 5.11. The summed E-state index contributed by atoms with van der Waals surface area (Å²) in [7, 11) is 2.06. The van der Waals surface area contributed by atoms with Crippen molar-refractivity contribution in [2.24, 2.45) is 0 Å². The molecule has 0 bridgehead atoms. The van der Waals surface area contributed by atoms with Crippen LogP contribution in [-0.4, -0.2) is 18.1 Å². The highest BCUT2D eigenvalue weighted by Crippen LogP contribution is 2.21. The van der Waals surface area contributed by atoms with Crippen LogP contribution < -0.4 is 10.2 Å². The van der Waals surface area contributed by atoms with Gasteiger partial charge in [-0.15, -0.1) is 0 Å². The smallest absolute Gasteiger partial charge is 0.131 e. The van der Waals surface area contributed by atoms with Crippen LogP contribution in [0.1, 0.15) is 29.5 Å². The molecule has 4 nitrogen and oxygen atoms in total. The van der Waals surface area contributed by atoms with E-state index in [9.17, 15) is 0 Å². The Bertz CT molecular complexity index is 561. The zero-order valence-corrected chi connectivity index (χ0v) is 12.1. The maximum Gasteiger partial charge on any atom is 0.131 e. The SMILES string of the molecule is Cc1cc(CNC2CC2)cnc1N(C)Cc1ccoc1. The van der Waals surface area contributed by atoms with Gasteiger partial charge in [-0.05, 0) is 43.0 Å². The number of rotatable bonds is 6. The van der Waals surface area contributed by atoms with E-state index in [1.165, 1.54) is 24.0 Å². The van der Waals surface area contributed by atoms with Crippen LogP contribution in [-0.2, 0) is 13.1 Å². The molecule has 1 fully saturated rings. The third-order valence-corrected chi connectivity index (χ3v) is 3.64. The van der Waals surface area contributed by atoms with E-state index in [0.717, 1.165) is 30.5 Å². The summed E-state index contributed by atoms with van der Waals surface area (Å²) in [6, 6.07) is 4.95. The average Bonchev–Trinajstić information content (AvgIpc) is 3.13. The second kappa shape index (κ2) is 5.67. The first-order chi connectivity index (χ1) is 9.72. The number of hydrogen-bond donors (Lipinski definition) is 1. The van der Waals surface area contributed by atoms with Crippen LogP contribution in [0.5, 0.6) is 0 Å². The standard InChI is InChI=1S/C16H21N3O/c1-12-7-14(8-17-15-3-4-15)9-18-16(12)19(2)10-13-5-6-20-11-13/h5-7,9,11,15,17H,3-4,8,10H2,1-2H3. The van der Waals surface area contributed by atoms with Crippen LogP contribution >= 0.6 is 0 Å². The minimum absolute atomic E-state index is 0.735. The van der Waals surface area contributed by atoms with Gasteiger partial charge in [0.15, 0.2) is 0 Å². The van der Waals surface area contributed by atoms with Crippen LogP contribution in [0.2, 0.25) is 0 Å². The van der Waals surface area contributed by atoms with Gasteiger partial charge in [0.25, 0.3) is 0 Å². The predicted molar refractivity (Wildman–Crippen MR) is 79.7 cm³/mol. The molecule has 2 aromatic heterocycles. The molecular formula is C16H21N3O. The molecule has 4 heteroatoms. The van der Waals surface area contributed by atoms with Crippen molar-refractivity contribution < 1.29 is 4.42 Å². The maximum absolute atomic E-state index is 5.11. The van der Waals surface area contributed by atoms with Crippen LogP contribution in [0.3, 0.4) is 0 Å². The van der Waals surface area contributed by atoms with Crippen molar-refractivity contribution in [1.29, 1.82) is 0 Å². The van der Waals surface area contributed by atoms with Gasteiger partial charge in [0.1, 0.15) is 5.82 Å². The van der Waals surface area contributed by atoms with Crippen molar-refractivity contribution >= 4 is 5.82 Å². The molecule has 2 aromatic rings. The number of hydrogen-bond acceptors (Lipinski definition) is 4. The molecule has 2 heterocycles. The quantitative estimate of drug-likeness (QED) is 0.877. The Morgan fingerprint density at radius 2 is 2.25 bits per heavy atom. The molecule has 0 atom stereocenters. The summed E-state index contributed by atoms with van der Waals surface area (Å²) in [5, 5.41) is 3.52. The van der Waals surface area contributed by atoms with Crippen molar-refractivity contribution in [3.63, 3.8) is 0 Å². The zero-order valence-electron chi connectivity index (χ0n) is 12.1. The van der Waals surface area contributed by atoms with Gasteiger partial charge in [-0.25, -0.2) is 4.98 Å². The van der Waals surface area contributed by atoms with Gasteiger partial charge in [-0.1, -0.05) is 0 Å². The van der Waals surface area contributed by atoms with E-state index in [2.05, 4.69) is 35.2 Å². The van der Waals surface area contributed by atoms with Crippen molar-refractivity contribution in [3.8, 4) is 0 Å². The second-order valence-corrected chi connectivity index (χ2v) is 5.63.